The van der Waals surface area contributed by atoms with Gasteiger partial charge < -0.3 is 15.5 Å². The van der Waals surface area contributed by atoms with Gasteiger partial charge in [-0.2, -0.15) is 0 Å². The molecular weight excluding hydrogens is 375 g/mol. The van der Waals surface area contributed by atoms with Crippen molar-refractivity contribution in [1.82, 2.24) is 20.5 Å². The smallest absolute Gasteiger partial charge is 0.127 e. The lowest BCUT2D eigenvalue weighted by atomic mass is 9.94. The maximum atomic E-state index is 13.6. The van der Waals surface area contributed by atoms with Gasteiger partial charge in [0.2, 0.25) is 0 Å². The molecule has 2 aliphatic heterocycles. The van der Waals surface area contributed by atoms with Crippen LogP contribution >= 0.6 is 0 Å². The van der Waals surface area contributed by atoms with Crippen LogP contribution in [0.3, 0.4) is 0 Å². The van der Waals surface area contributed by atoms with Crippen molar-refractivity contribution < 1.29 is 4.39 Å². The van der Waals surface area contributed by atoms with E-state index < -0.39 is 0 Å². The summed E-state index contributed by atoms with van der Waals surface area (Å²) in [5, 5.41) is 7.23. The monoisotopic (exact) mass is 404 g/mol. The Morgan fingerprint density at radius 1 is 1.03 bits per heavy atom. The molecule has 4 nitrogen and oxygen atoms in total. The molecule has 5 heteroatoms. The van der Waals surface area contributed by atoms with E-state index in [1.54, 1.807) is 0 Å². The van der Waals surface area contributed by atoms with Crippen LogP contribution in [0.2, 0.25) is 0 Å². The number of benzene rings is 1. The molecule has 2 N–H and O–H groups in total. The first-order valence-electron chi connectivity index (χ1n) is 10.7. The van der Waals surface area contributed by atoms with E-state index in [0.717, 1.165) is 34.8 Å². The van der Waals surface area contributed by atoms with Gasteiger partial charge in [-0.05, 0) is 59.5 Å². The second-order valence-corrected chi connectivity index (χ2v) is 7.89. The van der Waals surface area contributed by atoms with E-state index in [1.807, 2.05) is 36.7 Å². The molecule has 1 unspecified atom stereocenters. The molecule has 3 heterocycles. The predicted molar refractivity (Wildman–Crippen MR) is 120 cm³/mol. The lowest BCUT2D eigenvalue weighted by molar-refractivity contribution is 0.355. The normalized spacial score (nSPS) is 18.2. The van der Waals surface area contributed by atoms with Crippen LogP contribution in [-0.4, -0.2) is 29.6 Å². The standard InChI is InChI=1S/C25H29FN4/c1-4-17(5-2)16-28-22-11-10-21-23(18-12-14-27-15-13-18)24(30(3)25(21)29-22)19-6-8-20(26)9-7-19/h6-15,17,25,28-29H,4-5,16H2,1-3H3. The Balaban J connectivity index is 1.72. The van der Waals surface area contributed by atoms with Crippen molar-refractivity contribution in [2.45, 2.75) is 32.9 Å². The third-order valence-electron chi connectivity index (χ3n) is 6.10. The third-order valence-corrected chi connectivity index (χ3v) is 6.10. The molecule has 1 aromatic heterocycles. The fraction of sp³-hybridized carbons (Fsp3) is 0.320. The summed E-state index contributed by atoms with van der Waals surface area (Å²) in [6.45, 7) is 5.43. The molecule has 0 fully saturated rings. The lowest BCUT2D eigenvalue weighted by Gasteiger charge is -2.31. The summed E-state index contributed by atoms with van der Waals surface area (Å²) in [6, 6.07) is 10.8. The van der Waals surface area contributed by atoms with Crippen molar-refractivity contribution in [1.29, 1.82) is 0 Å². The minimum absolute atomic E-state index is 0.0161. The summed E-state index contributed by atoms with van der Waals surface area (Å²) >= 11 is 0. The number of likely N-dealkylation sites (N-methyl/N-ethyl adjacent to an activating group) is 1. The van der Waals surface area contributed by atoms with Gasteiger partial charge in [0.25, 0.3) is 0 Å². The molecule has 4 rings (SSSR count). The van der Waals surface area contributed by atoms with Crippen LogP contribution in [0, 0.1) is 11.7 Å². The van der Waals surface area contributed by atoms with E-state index in [0.29, 0.717) is 5.92 Å². The molecule has 0 bridgehead atoms. The van der Waals surface area contributed by atoms with E-state index in [2.05, 4.69) is 53.6 Å². The number of pyridine rings is 1. The zero-order valence-corrected chi connectivity index (χ0v) is 17.8. The summed E-state index contributed by atoms with van der Waals surface area (Å²) in [5.74, 6) is 1.48. The largest absolute Gasteiger partial charge is 0.372 e. The number of hydrogen-bond donors (Lipinski definition) is 2. The number of rotatable bonds is 7. The fourth-order valence-corrected chi connectivity index (χ4v) is 4.22. The summed E-state index contributed by atoms with van der Waals surface area (Å²) < 4.78 is 13.6. The van der Waals surface area contributed by atoms with Gasteiger partial charge in [-0.1, -0.05) is 32.8 Å². The molecule has 1 aromatic carbocycles. The van der Waals surface area contributed by atoms with Gasteiger partial charge in [-0.3, -0.25) is 4.98 Å². The topological polar surface area (TPSA) is 40.2 Å². The maximum Gasteiger partial charge on any atom is 0.127 e. The number of allylic oxidation sites excluding steroid dienone is 2. The Hall–Kier alpha value is -3.08. The van der Waals surface area contributed by atoms with Crippen LogP contribution in [-0.2, 0) is 0 Å². The SMILES string of the molecule is CCC(CC)CNC1=CC=C2C(c3ccncc3)=C(c3ccc(F)cc3)N(C)C2N1. The number of dihydropyridines is 1. The van der Waals surface area contributed by atoms with Gasteiger partial charge in [-0.15, -0.1) is 0 Å². The Morgan fingerprint density at radius 3 is 2.40 bits per heavy atom. The summed E-state index contributed by atoms with van der Waals surface area (Å²) in [7, 11) is 2.09. The molecular formula is C25H29FN4. The minimum Gasteiger partial charge on any atom is -0.372 e. The number of aromatic nitrogens is 1. The first-order chi connectivity index (χ1) is 14.6. The highest BCUT2D eigenvalue weighted by molar-refractivity contribution is 6.01. The molecule has 156 valence electrons. The minimum atomic E-state index is -0.227. The van der Waals surface area contributed by atoms with Gasteiger partial charge in [-0.25, -0.2) is 4.39 Å². The van der Waals surface area contributed by atoms with Crippen molar-refractivity contribution in [2.75, 3.05) is 13.6 Å². The molecule has 0 saturated heterocycles. The van der Waals surface area contributed by atoms with Crippen LogP contribution in [0.5, 0.6) is 0 Å². The molecule has 2 aliphatic rings. The number of nitrogens with one attached hydrogen (secondary N) is 2. The van der Waals surface area contributed by atoms with Gasteiger partial charge in [0.1, 0.15) is 17.8 Å². The van der Waals surface area contributed by atoms with Crippen molar-refractivity contribution in [2.24, 2.45) is 5.92 Å². The van der Waals surface area contributed by atoms with Crippen LogP contribution in [0.25, 0.3) is 11.3 Å². The second-order valence-electron chi connectivity index (χ2n) is 7.89. The van der Waals surface area contributed by atoms with E-state index in [4.69, 9.17) is 0 Å². The molecule has 30 heavy (non-hydrogen) atoms. The number of nitrogens with zero attached hydrogens (tertiary/aromatic N) is 2. The Labute approximate surface area is 178 Å². The quantitative estimate of drug-likeness (QED) is 0.698. The zero-order chi connectivity index (χ0) is 21.1. The molecule has 2 aromatic rings. The Kier molecular flexibility index (Phi) is 5.88. The molecule has 0 spiro atoms. The molecule has 0 aliphatic carbocycles. The number of hydrogen-bond acceptors (Lipinski definition) is 4. The van der Waals surface area contributed by atoms with Gasteiger partial charge in [0, 0.05) is 37.1 Å². The highest BCUT2D eigenvalue weighted by Gasteiger charge is 2.36. The second kappa shape index (κ2) is 8.74. The first kappa shape index (κ1) is 20.2. The van der Waals surface area contributed by atoms with Crippen LogP contribution in [0.1, 0.15) is 37.8 Å². The zero-order valence-electron chi connectivity index (χ0n) is 17.8. The number of halogens is 1. The summed E-state index contributed by atoms with van der Waals surface area (Å²) in [4.78, 5) is 6.41. The lowest BCUT2D eigenvalue weighted by Crippen LogP contribution is -2.45. The van der Waals surface area contributed by atoms with Crippen molar-refractivity contribution in [3.8, 4) is 0 Å². The van der Waals surface area contributed by atoms with Gasteiger partial charge in [0.05, 0.1) is 5.70 Å². The van der Waals surface area contributed by atoms with Crippen molar-refractivity contribution >= 4 is 11.3 Å². The van der Waals surface area contributed by atoms with Crippen LogP contribution in [0.4, 0.5) is 4.39 Å². The van der Waals surface area contributed by atoms with E-state index >= 15 is 0 Å². The van der Waals surface area contributed by atoms with Crippen molar-refractivity contribution in [3.63, 3.8) is 0 Å². The van der Waals surface area contributed by atoms with Crippen molar-refractivity contribution in [3.05, 3.63) is 89.3 Å². The molecule has 0 saturated carbocycles. The highest BCUT2D eigenvalue weighted by Crippen LogP contribution is 2.44. The molecule has 0 radical (unpaired) electrons. The van der Waals surface area contributed by atoms with Crippen LogP contribution in [0.15, 0.2) is 72.3 Å². The summed E-state index contributed by atoms with van der Waals surface area (Å²) in [5.41, 5.74) is 5.54. The Bertz CT molecular complexity index is 972. The summed E-state index contributed by atoms with van der Waals surface area (Å²) in [6.07, 6.45) is 10.3. The highest BCUT2D eigenvalue weighted by atomic mass is 19.1. The van der Waals surface area contributed by atoms with E-state index in [1.165, 1.54) is 30.5 Å². The third kappa shape index (κ3) is 3.84. The first-order valence-corrected chi connectivity index (χ1v) is 10.7. The molecule has 0 amide bonds. The fourth-order valence-electron chi connectivity index (χ4n) is 4.22. The predicted octanol–water partition coefficient (Wildman–Crippen LogP) is 4.76. The Morgan fingerprint density at radius 2 is 1.73 bits per heavy atom. The van der Waals surface area contributed by atoms with Crippen LogP contribution < -0.4 is 10.6 Å². The van der Waals surface area contributed by atoms with E-state index in [-0.39, 0.29) is 12.0 Å². The average Bonchev–Trinajstić information content (AvgIpc) is 3.07. The van der Waals surface area contributed by atoms with E-state index in [9.17, 15) is 4.39 Å². The maximum absolute atomic E-state index is 13.6. The average molecular weight is 405 g/mol. The van der Waals surface area contributed by atoms with Gasteiger partial charge >= 0.3 is 0 Å². The van der Waals surface area contributed by atoms with Gasteiger partial charge in [0.15, 0.2) is 0 Å². The number of fused-ring (bicyclic) bond motifs is 1. The molecule has 1 atom stereocenters.